The second kappa shape index (κ2) is 8.31. The molecule has 1 aromatic heterocycles. The number of ether oxygens (including phenoxy) is 1. The Morgan fingerprint density at radius 1 is 1.03 bits per heavy atom. The molecule has 7 nitrogen and oxygen atoms in total. The molecule has 0 fully saturated rings. The minimum atomic E-state index is 0.0447. The third-order valence-electron chi connectivity index (χ3n) is 5.08. The van der Waals surface area contributed by atoms with Crippen molar-refractivity contribution in [1.29, 1.82) is 5.41 Å². The average molecular weight is 412 g/mol. The summed E-state index contributed by atoms with van der Waals surface area (Å²) in [6.45, 7) is 0. The number of nitrogens with two attached hydrogens (primary N) is 1. The molecule has 0 saturated heterocycles. The van der Waals surface area contributed by atoms with Gasteiger partial charge in [-0.3, -0.25) is 9.98 Å². The predicted octanol–water partition coefficient (Wildman–Crippen LogP) is 4.10. The van der Waals surface area contributed by atoms with E-state index in [2.05, 4.69) is 39.1 Å². The number of aromatic nitrogens is 2. The van der Waals surface area contributed by atoms with Crippen molar-refractivity contribution in [3.8, 4) is 5.69 Å². The number of hydrogen-bond donors (Lipinski definition) is 2. The van der Waals surface area contributed by atoms with Gasteiger partial charge in [0.25, 0.3) is 0 Å². The predicted molar refractivity (Wildman–Crippen MR) is 126 cm³/mol. The van der Waals surface area contributed by atoms with Crippen molar-refractivity contribution in [3.63, 3.8) is 0 Å². The molecule has 0 radical (unpaired) electrons. The number of hydrogen-bond acceptors (Lipinski definition) is 5. The minimum Gasteiger partial charge on any atom is -0.481 e. The summed E-state index contributed by atoms with van der Waals surface area (Å²) in [7, 11) is 5.50. The largest absolute Gasteiger partial charge is 0.481 e. The molecule has 0 aliphatic carbocycles. The van der Waals surface area contributed by atoms with Crippen LogP contribution in [0.1, 0.15) is 11.1 Å². The Morgan fingerprint density at radius 3 is 2.42 bits per heavy atom. The smallest absolute Gasteiger partial charge is 0.213 e. The average Bonchev–Trinajstić information content (AvgIpc) is 3.21. The fourth-order valence-electron chi connectivity index (χ4n) is 3.40. The van der Waals surface area contributed by atoms with Crippen LogP contribution in [-0.4, -0.2) is 42.5 Å². The minimum absolute atomic E-state index is 0.0447. The van der Waals surface area contributed by atoms with Crippen LogP contribution >= 0.6 is 0 Å². The fourth-order valence-corrected chi connectivity index (χ4v) is 3.40. The van der Waals surface area contributed by atoms with E-state index in [-0.39, 0.29) is 5.90 Å². The van der Waals surface area contributed by atoms with Gasteiger partial charge in [0.2, 0.25) is 5.90 Å². The van der Waals surface area contributed by atoms with Gasteiger partial charge in [-0.2, -0.15) is 0 Å². The topological polar surface area (TPSA) is 92.5 Å². The van der Waals surface area contributed by atoms with Crippen LogP contribution in [0, 0.1) is 5.41 Å². The molecule has 3 N–H and O–H groups in total. The second-order valence-corrected chi connectivity index (χ2v) is 7.27. The van der Waals surface area contributed by atoms with Crippen LogP contribution in [0.4, 0.5) is 11.4 Å². The number of nitrogens with one attached hydrogen (secondary N) is 1. The highest BCUT2D eigenvalue weighted by Gasteiger charge is 2.12. The SMILES string of the molecule is COC(=N)c1ccccc1C(N)=Nc1ccc2c(c1)ncn2-c1ccc(N(C)C)cc1. The van der Waals surface area contributed by atoms with Crippen LogP contribution in [0.15, 0.2) is 78.0 Å². The molecule has 4 rings (SSSR count). The quantitative estimate of drug-likeness (QED) is 0.381. The normalized spacial score (nSPS) is 11.5. The van der Waals surface area contributed by atoms with Crippen LogP contribution in [0.25, 0.3) is 16.7 Å². The molecule has 0 atom stereocenters. The van der Waals surface area contributed by atoms with E-state index in [9.17, 15) is 0 Å². The third-order valence-corrected chi connectivity index (χ3v) is 5.08. The summed E-state index contributed by atoms with van der Waals surface area (Å²) in [6.07, 6.45) is 1.81. The molecular formula is C24H24N6O. The van der Waals surface area contributed by atoms with Gasteiger partial charge in [-0.1, -0.05) is 18.2 Å². The van der Waals surface area contributed by atoms with Gasteiger partial charge in [-0.25, -0.2) is 9.98 Å². The van der Waals surface area contributed by atoms with Crippen molar-refractivity contribution >= 4 is 34.1 Å². The third kappa shape index (κ3) is 3.98. The van der Waals surface area contributed by atoms with Crippen molar-refractivity contribution in [2.24, 2.45) is 10.7 Å². The number of imidazole rings is 1. The molecule has 0 saturated carbocycles. The van der Waals surface area contributed by atoms with Gasteiger partial charge < -0.3 is 15.4 Å². The van der Waals surface area contributed by atoms with Gasteiger partial charge in [0, 0.05) is 36.6 Å². The summed E-state index contributed by atoms with van der Waals surface area (Å²) in [6, 6.07) is 21.4. The molecule has 3 aromatic carbocycles. The van der Waals surface area contributed by atoms with Crippen molar-refractivity contribution in [1.82, 2.24) is 9.55 Å². The lowest BCUT2D eigenvalue weighted by Crippen LogP contribution is -2.18. The Labute approximate surface area is 180 Å². The number of fused-ring (bicyclic) bond motifs is 1. The zero-order chi connectivity index (χ0) is 22.0. The highest BCUT2D eigenvalue weighted by Crippen LogP contribution is 2.25. The number of rotatable bonds is 5. The molecule has 7 heteroatoms. The molecule has 0 aliphatic rings. The van der Waals surface area contributed by atoms with Gasteiger partial charge >= 0.3 is 0 Å². The molecule has 1 heterocycles. The number of benzene rings is 3. The molecule has 4 aromatic rings. The zero-order valence-electron chi connectivity index (χ0n) is 17.7. The Hall–Kier alpha value is -4.13. The summed E-state index contributed by atoms with van der Waals surface area (Å²) < 4.78 is 7.10. The van der Waals surface area contributed by atoms with Gasteiger partial charge in [0.15, 0.2) is 0 Å². The van der Waals surface area contributed by atoms with Gasteiger partial charge in [-0.05, 0) is 48.5 Å². The second-order valence-electron chi connectivity index (χ2n) is 7.27. The number of nitrogens with zero attached hydrogens (tertiary/aromatic N) is 4. The van der Waals surface area contributed by atoms with Crippen LogP contribution in [0.3, 0.4) is 0 Å². The number of amidine groups is 1. The first-order chi connectivity index (χ1) is 15.0. The van der Waals surface area contributed by atoms with Gasteiger partial charge in [-0.15, -0.1) is 0 Å². The maximum absolute atomic E-state index is 7.97. The maximum atomic E-state index is 7.97. The highest BCUT2D eigenvalue weighted by molar-refractivity contribution is 6.08. The molecule has 31 heavy (non-hydrogen) atoms. The van der Waals surface area contributed by atoms with E-state index in [1.54, 1.807) is 12.4 Å². The summed E-state index contributed by atoms with van der Waals surface area (Å²) >= 11 is 0. The Balaban J connectivity index is 1.68. The number of methoxy groups -OCH3 is 1. The lowest BCUT2D eigenvalue weighted by Gasteiger charge is -2.13. The summed E-state index contributed by atoms with van der Waals surface area (Å²) in [5.74, 6) is 0.360. The molecule has 0 amide bonds. The zero-order valence-corrected chi connectivity index (χ0v) is 17.7. The summed E-state index contributed by atoms with van der Waals surface area (Å²) in [4.78, 5) is 11.2. The maximum Gasteiger partial charge on any atom is 0.213 e. The molecule has 0 unspecified atom stereocenters. The highest BCUT2D eigenvalue weighted by atomic mass is 16.5. The lowest BCUT2D eigenvalue weighted by molar-refractivity contribution is 0.401. The van der Waals surface area contributed by atoms with Crippen LogP contribution in [-0.2, 0) is 4.74 Å². The van der Waals surface area contributed by atoms with Crippen molar-refractivity contribution in [2.45, 2.75) is 0 Å². The standard InChI is InChI=1S/C24H24N6O/c1-29(2)17-9-11-18(12-10-17)30-15-27-21-14-16(8-13-22(21)30)28-23(25)19-6-4-5-7-20(19)24(26)31-3/h4-15,26H,1-3H3,(H2,25,28). The van der Waals surface area contributed by atoms with Crippen LogP contribution in [0.2, 0.25) is 0 Å². The van der Waals surface area contributed by atoms with E-state index in [1.165, 1.54) is 7.11 Å². The summed E-state index contributed by atoms with van der Waals surface area (Å²) in [5.41, 5.74) is 12.2. The van der Waals surface area contributed by atoms with Crippen LogP contribution in [0.5, 0.6) is 0 Å². The van der Waals surface area contributed by atoms with Gasteiger partial charge in [0.05, 0.1) is 23.8 Å². The van der Waals surface area contributed by atoms with Crippen molar-refractivity contribution in [3.05, 3.63) is 84.2 Å². The number of aliphatic imine (C=N–C) groups is 1. The Kier molecular flexibility index (Phi) is 5.41. The fraction of sp³-hybridized carbons (Fsp3) is 0.125. The van der Waals surface area contributed by atoms with E-state index < -0.39 is 0 Å². The van der Waals surface area contributed by atoms with E-state index in [0.29, 0.717) is 22.6 Å². The van der Waals surface area contributed by atoms with Crippen molar-refractivity contribution < 1.29 is 4.74 Å². The van der Waals surface area contributed by atoms with E-state index in [0.717, 1.165) is 22.4 Å². The first-order valence-electron chi connectivity index (χ1n) is 9.79. The Bertz CT molecular complexity index is 1270. The van der Waals surface area contributed by atoms with Gasteiger partial charge in [0.1, 0.15) is 12.2 Å². The lowest BCUT2D eigenvalue weighted by atomic mass is 10.1. The Morgan fingerprint density at radius 2 is 1.74 bits per heavy atom. The first kappa shape index (κ1) is 20.2. The number of anilines is 1. The molecule has 0 bridgehead atoms. The van der Waals surface area contributed by atoms with E-state index in [4.69, 9.17) is 15.9 Å². The van der Waals surface area contributed by atoms with E-state index >= 15 is 0 Å². The first-order valence-corrected chi connectivity index (χ1v) is 9.79. The molecular weight excluding hydrogens is 388 g/mol. The molecule has 0 spiro atoms. The monoisotopic (exact) mass is 412 g/mol. The van der Waals surface area contributed by atoms with E-state index in [1.807, 2.05) is 55.1 Å². The van der Waals surface area contributed by atoms with Crippen molar-refractivity contribution in [2.75, 3.05) is 26.1 Å². The molecule has 156 valence electrons. The summed E-state index contributed by atoms with van der Waals surface area (Å²) in [5, 5.41) is 7.97. The molecule has 0 aliphatic heterocycles. The van der Waals surface area contributed by atoms with Crippen LogP contribution < -0.4 is 10.6 Å².